The van der Waals surface area contributed by atoms with Gasteiger partial charge >= 0.3 is 0 Å². The van der Waals surface area contributed by atoms with Gasteiger partial charge < -0.3 is 9.84 Å². The first kappa shape index (κ1) is 18.1. The zero-order chi connectivity index (χ0) is 17.7. The number of hydrogen-bond donors (Lipinski definition) is 2. The molecule has 0 unspecified atom stereocenters. The minimum absolute atomic E-state index is 0.0192. The summed E-state index contributed by atoms with van der Waals surface area (Å²) in [4.78, 5) is 11.7. The van der Waals surface area contributed by atoms with Crippen LogP contribution in [0.5, 0.6) is 0 Å². The van der Waals surface area contributed by atoms with E-state index in [1.807, 2.05) is 0 Å². The fraction of sp³-hybridized carbons (Fsp3) is 0.333. The summed E-state index contributed by atoms with van der Waals surface area (Å²) in [7, 11) is -3.79. The number of nitrogens with zero attached hydrogens (tertiary/aromatic N) is 1. The molecule has 0 bridgehead atoms. The number of benzene rings is 1. The van der Waals surface area contributed by atoms with Crippen molar-refractivity contribution >= 4 is 15.9 Å². The number of rotatable bonds is 7. The summed E-state index contributed by atoms with van der Waals surface area (Å²) in [6, 6.07) is 6.10. The zero-order valence-corrected chi connectivity index (χ0v) is 14.1. The highest BCUT2D eigenvalue weighted by atomic mass is 32.2. The Hall–Kier alpha value is -2.26. The van der Waals surface area contributed by atoms with Crippen LogP contribution in [0.1, 0.15) is 23.4 Å². The lowest BCUT2D eigenvalue weighted by atomic mass is 10.2. The van der Waals surface area contributed by atoms with Crippen LogP contribution in [0, 0.1) is 19.7 Å². The smallest absolute Gasteiger partial charge is 0.245 e. The summed E-state index contributed by atoms with van der Waals surface area (Å²) in [6.45, 7) is 2.97. The van der Waals surface area contributed by atoms with Gasteiger partial charge in [-0.15, -0.1) is 0 Å². The molecule has 1 aromatic carbocycles. The van der Waals surface area contributed by atoms with Gasteiger partial charge in [0.15, 0.2) is 5.76 Å². The van der Waals surface area contributed by atoms with E-state index >= 15 is 0 Å². The molecule has 130 valence electrons. The van der Waals surface area contributed by atoms with Gasteiger partial charge in [0, 0.05) is 25.1 Å². The lowest BCUT2D eigenvalue weighted by molar-refractivity contribution is -0.121. The van der Waals surface area contributed by atoms with Crippen LogP contribution in [0.2, 0.25) is 0 Å². The van der Waals surface area contributed by atoms with Crippen LogP contribution in [-0.4, -0.2) is 26.0 Å². The van der Waals surface area contributed by atoms with E-state index in [4.69, 9.17) is 4.52 Å². The first-order valence-corrected chi connectivity index (χ1v) is 8.72. The van der Waals surface area contributed by atoms with Crippen molar-refractivity contribution < 1.29 is 22.1 Å². The number of halogens is 1. The van der Waals surface area contributed by atoms with E-state index in [0.29, 0.717) is 5.56 Å². The van der Waals surface area contributed by atoms with Gasteiger partial charge in [0.2, 0.25) is 15.9 Å². The summed E-state index contributed by atoms with van der Waals surface area (Å²) >= 11 is 0. The van der Waals surface area contributed by atoms with E-state index < -0.39 is 15.8 Å². The van der Waals surface area contributed by atoms with Gasteiger partial charge in [0.05, 0.1) is 0 Å². The van der Waals surface area contributed by atoms with E-state index in [0.717, 1.165) is 0 Å². The number of carbonyl (C=O) groups excluding carboxylic acids is 1. The van der Waals surface area contributed by atoms with Crippen molar-refractivity contribution in [3.8, 4) is 0 Å². The first-order chi connectivity index (χ1) is 11.3. The van der Waals surface area contributed by atoms with Crippen LogP contribution < -0.4 is 10.0 Å². The fourth-order valence-electron chi connectivity index (χ4n) is 2.15. The Morgan fingerprint density at radius 1 is 1.29 bits per heavy atom. The molecule has 9 heteroatoms. The Morgan fingerprint density at radius 2 is 2.00 bits per heavy atom. The third-order valence-electron chi connectivity index (χ3n) is 3.31. The highest BCUT2D eigenvalue weighted by Gasteiger charge is 2.23. The van der Waals surface area contributed by atoms with E-state index in [1.165, 1.54) is 19.9 Å². The predicted octanol–water partition coefficient (Wildman–Crippen LogP) is 1.42. The van der Waals surface area contributed by atoms with Crippen LogP contribution >= 0.6 is 0 Å². The number of amides is 1. The summed E-state index contributed by atoms with van der Waals surface area (Å²) in [5.74, 6) is -0.611. The lowest BCUT2D eigenvalue weighted by Crippen LogP contribution is -2.31. The molecule has 0 spiro atoms. The average Bonchev–Trinajstić information content (AvgIpc) is 2.86. The molecule has 0 aliphatic heterocycles. The Morgan fingerprint density at radius 3 is 2.62 bits per heavy atom. The lowest BCUT2D eigenvalue weighted by Gasteiger charge is -2.08. The normalized spacial score (nSPS) is 11.5. The Labute approximate surface area is 139 Å². The molecule has 24 heavy (non-hydrogen) atoms. The van der Waals surface area contributed by atoms with Gasteiger partial charge in [0.1, 0.15) is 16.4 Å². The van der Waals surface area contributed by atoms with Crippen molar-refractivity contribution in [1.29, 1.82) is 0 Å². The maximum Gasteiger partial charge on any atom is 0.245 e. The molecule has 1 amide bonds. The van der Waals surface area contributed by atoms with Crippen LogP contribution in [-0.2, 0) is 21.4 Å². The summed E-state index contributed by atoms with van der Waals surface area (Å²) < 4.78 is 44.9. The number of nitrogens with one attached hydrogen (secondary N) is 2. The molecule has 0 radical (unpaired) electrons. The molecule has 0 saturated heterocycles. The second kappa shape index (κ2) is 7.54. The second-order valence-electron chi connectivity index (χ2n) is 5.17. The summed E-state index contributed by atoms with van der Waals surface area (Å²) in [6.07, 6.45) is -0.0724. The van der Waals surface area contributed by atoms with Crippen LogP contribution in [0.15, 0.2) is 33.7 Å². The average molecular weight is 355 g/mol. The molecule has 2 N–H and O–H groups in total. The molecule has 2 aromatic rings. The SMILES string of the molecule is Cc1noc(C)c1S(=O)(=O)NCCC(=O)NCc1ccccc1F. The van der Waals surface area contributed by atoms with E-state index in [-0.39, 0.29) is 41.8 Å². The predicted molar refractivity (Wildman–Crippen MR) is 84.0 cm³/mol. The molecule has 1 aromatic heterocycles. The van der Waals surface area contributed by atoms with Crippen molar-refractivity contribution in [3.63, 3.8) is 0 Å². The molecule has 7 nitrogen and oxygen atoms in total. The van der Waals surface area contributed by atoms with E-state index in [1.54, 1.807) is 18.2 Å². The number of aryl methyl sites for hydroxylation is 2. The van der Waals surface area contributed by atoms with Crippen LogP contribution in [0.25, 0.3) is 0 Å². The van der Waals surface area contributed by atoms with Gasteiger partial charge in [-0.1, -0.05) is 23.4 Å². The molecule has 1 heterocycles. The second-order valence-corrected chi connectivity index (χ2v) is 6.87. The van der Waals surface area contributed by atoms with E-state index in [2.05, 4.69) is 15.2 Å². The van der Waals surface area contributed by atoms with Gasteiger partial charge in [-0.3, -0.25) is 4.79 Å². The number of carbonyl (C=O) groups is 1. The van der Waals surface area contributed by atoms with Gasteiger partial charge in [-0.05, 0) is 19.9 Å². The first-order valence-electron chi connectivity index (χ1n) is 7.24. The standard InChI is InChI=1S/C15H18FN3O4S/c1-10-15(11(2)23-19-10)24(21,22)18-8-7-14(20)17-9-12-5-3-4-6-13(12)16/h3-6,18H,7-9H2,1-2H3,(H,17,20). The monoisotopic (exact) mass is 355 g/mol. The van der Waals surface area contributed by atoms with Gasteiger partial charge in [0.25, 0.3) is 0 Å². The number of hydrogen-bond acceptors (Lipinski definition) is 5. The van der Waals surface area contributed by atoms with Crippen molar-refractivity contribution in [2.24, 2.45) is 0 Å². The van der Waals surface area contributed by atoms with Crippen molar-refractivity contribution in [1.82, 2.24) is 15.2 Å². The minimum Gasteiger partial charge on any atom is -0.360 e. The molecule has 0 saturated carbocycles. The maximum atomic E-state index is 13.4. The third kappa shape index (κ3) is 4.39. The summed E-state index contributed by atoms with van der Waals surface area (Å²) in [5.41, 5.74) is 0.617. The quantitative estimate of drug-likeness (QED) is 0.782. The Bertz CT molecular complexity index is 813. The molecule has 2 rings (SSSR count). The molecule has 0 fully saturated rings. The maximum absolute atomic E-state index is 13.4. The minimum atomic E-state index is -3.79. The van der Waals surface area contributed by atoms with Crippen LogP contribution in [0.3, 0.4) is 0 Å². The molecule has 0 aliphatic carbocycles. The molecular formula is C15H18FN3O4S. The topological polar surface area (TPSA) is 101 Å². The largest absolute Gasteiger partial charge is 0.360 e. The third-order valence-corrected chi connectivity index (χ3v) is 5.02. The molecular weight excluding hydrogens is 337 g/mol. The highest BCUT2D eigenvalue weighted by molar-refractivity contribution is 7.89. The fourth-order valence-corrected chi connectivity index (χ4v) is 3.51. The van der Waals surface area contributed by atoms with Crippen molar-refractivity contribution in [3.05, 3.63) is 47.1 Å². The molecule has 0 atom stereocenters. The van der Waals surface area contributed by atoms with Crippen molar-refractivity contribution in [2.75, 3.05) is 6.54 Å². The zero-order valence-electron chi connectivity index (χ0n) is 13.3. The van der Waals surface area contributed by atoms with Gasteiger partial charge in [-0.2, -0.15) is 0 Å². The summed E-state index contributed by atoms with van der Waals surface area (Å²) in [5, 5.41) is 6.13. The van der Waals surface area contributed by atoms with Gasteiger partial charge in [-0.25, -0.2) is 17.5 Å². The number of sulfonamides is 1. The van der Waals surface area contributed by atoms with E-state index in [9.17, 15) is 17.6 Å². The highest BCUT2D eigenvalue weighted by Crippen LogP contribution is 2.18. The Kier molecular flexibility index (Phi) is 5.68. The van der Waals surface area contributed by atoms with Crippen molar-refractivity contribution in [2.45, 2.75) is 31.7 Å². The number of aromatic nitrogens is 1. The van der Waals surface area contributed by atoms with Crippen LogP contribution in [0.4, 0.5) is 4.39 Å². The molecule has 0 aliphatic rings. The Balaban J connectivity index is 1.83.